The third kappa shape index (κ3) is 4.34. The molecule has 2 atom stereocenters. The van der Waals surface area contributed by atoms with E-state index >= 15 is 0 Å². The molecule has 2 heterocycles. The Balaban J connectivity index is 0.00000200. The molecule has 4 nitrogen and oxygen atoms in total. The van der Waals surface area contributed by atoms with Crippen molar-refractivity contribution >= 4 is 18.3 Å². The van der Waals surface area contributed by atoms with Crippen molar-refractivity contribution in [1.29, 1.82) is 0 Å². The number of hydrogen-bond donors (Lipinski definition) is 1. The Morgan fingerprint density at radius 1 is 1.30 bits per heavy atom. The van der Waals surface area contributed by atoms with Crippen LogP contribution in [0.15, 0.2) is 0 Å². The van der Waals surface area contributed by atoms with Gasteiger partial charge >= 0.3 is 0 Å². The number of halogens is 1. The average Bonchev–Trinajstić information content (AvgIpc) is 2.33. The molecule has 0 aromatic rings. The van der Waals surface area contributed by atoms with Crippen molar-refractivity contribution in [2.24, 2.45) is 17.1 Å². The molecule has 2 saturated heterocycles. The number of carbonyl (C=O) groups excluding carboxylic acids is 1. The SMILES string of the molecule is CC1CCCN(C(=O)CN2CCC(N)C(C)(C)C2)C1.Cl. The predicted octanol–water partition coefficient (Wildman–Crippen LogP) is 1.73. The van der Waals surface area contributed by atoms with Crippen molar-refractivity contribution in [3.8, 4) is 0 Å². The van der Waals surface area contributed by atoms with Gasteiger partial charge in [-0.15, -0.1) is 12.4 Å². The van der Waals surface area contributed by atoms with Crippen LogP contribution in [0, 0.1) is 11.3 Å². The fourth-order valence-corrected chi connectivity index (χ4v) is 3.33. The van der Waals surface area contributed by atoms with Crippen molar-refractivity contribution in [1.82, 2.24) is 9.80 Å². The molecule has 0 saturated carbocycles. The Bertz CT molecular complexity index is 335. The Hall–Kier alpha value is -0.320. The van der Waals surface area contributed by atoms with E-state index in [1.54, 1.807) is 0 Å². The van der Waals surface area contributed by atoms with Gasteiger partial charge in [-0.25, -0.2) is 0 Å². The van der Waals surface area contributed by atoms with Crippen molar-refractivity contribution in [2.75, 3.05) is 32.7 Å². The number of nitrogens with zero attached hydrogens (tertiary/aromatic N) is 2. The molecule has 0 bridgehead atoms. The normalized spacial score (nSPS) is 30.7. The second-order valence-electron chi connectivity index (χ2n) is 7.18. The molecule has 2 fully saturated rings. The molecular weight excluding hydrogens is 274 g/mol. The molecule has 0 aliphatic carbocycles. The predicted molar refractivity (Wildman–Crippen MR) is 85.0 cm³/mol. The topological polar surface area (TPSA) is 49.6 Å². The van der Waals surface area contributed by atoms with Gasteiger partial charge < -0.3 is 10.6 Å². The van der Waals surface area contributed by atoms with E-state index < -0.39 is 0 Å². The van der Waals surface area contributed by atoms with Crippen LogP contribution < -0.4 is 5.73 Å². The van der Waals surface area contributed by atoms with Crippen LogP contribution in [0.1, 0.15) is 40.0 Å². The highest BCUT2D eigenvalue weighted by Gasteiger charge is 2.34. The zero-order valence-electron chi connectivity index (χ0n) is 13.1. The minimum Gasteiger partial charge on any atom is -0.341 e. The first-order valence-electron chi connectivity index (χ1n) is 7.64. The van der Waals surface area contributed by atoms with Gasteiger partial charge in [0.1, 0.15) is 0 Å². The highest BCUT2D eigenvalue weighted by molar-refractivity contribution is 5.85. The largest absolute Gasteiger partial charge is 0.341 e. The van der Waals surface area contributed by atoms with Gasteiger partial charge in [0.15, 0.2) is 0 Å². The van der Waals surface area contributed by atoms with Gasteiger partial charge in [0.2, 0.25) is 5.91 Å². The average molecular weight is 304 g/mol. The first-order chi connectivity index (χ1) is 8.88. The molecule has 0 aromatic heterocycles. The fraction of sp³-hybridized carbons (Fsp3) is 0.933. The van der Waals surface area contributed by atoms with Crippen LogP contribution in [0.2, 0.25) is 0 Å². The van der Waals surface area contributed by atoms with Gasteiger partial charge in [-0.05, 0) is 30.6 Å². The first kappa shape index (κ1) is 17.7. The van der Waals surface area contributed by atoms with Crippen molar-refractivity contribution in [3.63, 3.8) is 0 Å². The van der Waals surface area contributed by atoms with E-state index in [0.717, 1.165) is 39.0 Å². The molecule has 118 valence electrons. The van der Waals surface area contributed by atoms with Gasteiger partial charge in [0.05, 0.1) is 6.54 Å². The third-order valence-electron chi connectivity index (χ3n) is 4.76. The molecule has 0 radical (unpaired) electrons. The molecule has 20 heavy (non-hydrogen) atoms. The lowest BCUT2D eigenvalue weighted by Crippen LogP contribution is -2.55. The summed E-state index contributed by atoms with van der Waals surface area (Å²) < 4.78 is 0. The van der Waals surface area contributed by atoms with E-state index in [-0.39, 0.29) is 23.9 Å². The first-order valence-corrected chi connectivity index (χ1v) is 7.64. The molecule has 2 rings (SSSR count). The van der Waals surface area contributed by atoms with Crippen molar-refractivity contribution in [2.45, 2.75) is 46.1 Å². The van der Waals surface area contributed by atoms with E-state index in [1.165, 1.54) is 6.42 Å². The number of hydrogen-bond acceptors (Lipinski definition) is 3. The number of piperidine rings is 2. The van der Waals surface area contributed by atoms with Crippen LogP contribution in [0.5, 0.6) is 0 Å². The highest BCUT2D eigenvalue weighted by atomic mass is 35.5. The summed E-state index contributed by atoms with van der Waals surface area (Å²) in [6.45, 7) is 11.0. The maximum Gasteiger partial charge on any atom is 0.236 e. The lowest BCUT2D eigenvalue weighted by molar-refractivity contribution is -0.135. The van der Waals surface area contributed by atoms with Crippen LogP contribution in [-0.2, 0) is 4.79 Å². The number of amides is 1. The number of nitrogens with two attached hydrogens (primary N) is 1. The standard InChI is InChI=1S/C15H29N3O.ClH/c1-12-5-4-7-18(9-12)14(19)10-17-8-6-13(16)15(2,3)11-17;/h12-13H,4-11,16H2,1-3H3;1H. The molecule has 2 N–H and O–H groups in total. The summed E-state index contributed by atoms with van der Waals surface area (Å²) in [6, 6.07) is 0.258. The summed E-state index contributed by atoms with van der Waals surface area (Å²) in [5.74, 6) is 0.960. The lowest BCUT2D eigenvalue weighted by Gasteiger charge is -2.43. The molecule has 1 amide bonds. The Labute approximate surface area is 129 Å². The molecule has 0 spiro atoms. The second-order valence-corrected chi connectivity index (χ2v) is 7.18. The molecule has 0 aromatic carbocycles. The Morgan fingerprint density at radius 3 is 2.60 bits per heavy atom. The molecular formula is C15H30ClN3O. The summed E-state index contributed by atoms with van der Waals surface area (Å²) in [5, 5.41) is 0. The molecule has 5 heteroatoms. The summed E-state index contributed by atoms with van der Waals surface area (Å²) in [6.07, 6.45) is 3.41. The third-order valence-corrected chi connectivity index (χ3v) is 4.76. The van der Waals surface area contributed by atoms with E-state index in [0.29, 0.717) is 18.4 Å². The van der Waals surface area contributed by atoms with E-state index in [1.807, 2.05) is 0 Å². The highest BCUT2D eigenvalue weighted by Crippen LogP contribution is 2.27. The molecule has 2 aliphatic heterocycles. The summed E-state index contributed by atoms with van der Waals surface area (Å²) in [4.78, 5) is 16.7. The van der Waals surface area contributed by atoms with Crippen LogP contribution >= 0.6 is 12.4 Å². The van der Waals surface area contributed by atoms with Crippen LogP contribution in [-0.4, -0.2) is 54.5 Å². The van der Waals surface area contributed by atoms with Crippen molar-refractivity contribution in [3.05, 3.63) is 0 Å². The number of carbonyl (C=O) groups is 1. The maximum atomic E-state index is 12.4. The summed E-state index contributed by atoms with van der Waals surface area (Å²) in [7, 11) is 0. The van der Waals surface area contributed by atoms with E-state index in [4.69, 9.17) is 5.73 Å². The van der Waals surface area contributed by atoms with Gasteiger partial charge in [-0.3, -0.25) is 9.69 Å². The van der Waals surface area contributed by atoms with Gasteiger partial charge in [-0.1, -0.05) is 20.8 Å². The van der Waals surface area contributed by atoms with Gasteiger partial charge in [0.25, 0.3) is 0 Å². The maximum absolute atomic E-state index is 12.4. The smallest absolute Gasteiger partial charge is 0.236 e. The monoisotopic (exact) mass is 303 g/mol. The van der Waals surface area contributed by atoms with E-state index in [2.05, 4.69) is 30.6 Å². The zero-order valence-corrected chi connectivity index (χ0v) is 13.9. The van der Waals surface area contributed by atoms with E-state index in [9.17, 15) is 4.79 Å². The lowest BCUT2D eigenvalue weighted by atomic mass is 9.80. The van der Waals surface area contributed by atoms with Crippen LogP contribution in [0.4, 0.5) is 0 Å². The van der Waals surface area contributed by atoms with Gasteiger partial charge in [-0.2, -0.15) is 0 Å². The quantitative estimate of drug-likeness (QED) is 0.845. The minimum atomic E-state index is 0. The zero-order chi connectivity index (χ0) is 14.0. The Kier molecular flexibility index (Phi) is 6.29. The molecule has 2 aliphatic rings. The van der Waals surface area contributed by atoms with Crippen LogP contribution in [0.3, 0.4) is 0 Å². The number of likely N-dealkylation sites (tertiary alicyclic amines) is 2. The fourth-order valence-electron chi connectivity index (χ4n) is 3.33. The molecule has 2 unspecified atom stereocenters. The van der Waals surface area contributed by atoms with Crippen LogP contribution in [0.25, 0.3) is 0 Å². The summed E-state index contributed by atoms with van der Waals surface area (Å²) in [5.41, 5.74) is 6.26. The van der Waals surface area contributed by atoms with Gasteiger partial charge in [0, 0.05) is 32.2 Å². The van der Waals surface area contributed by atoms with Crippen molar-refractivity contribution < 1.29 is 4.79 Å². The summed E-state index contributed by atoms with van der Waals surface area (Å²) >= 11 is 0. The second kappa shape index (κ2) is 7.10. The number of rotatable bonds is 2. The minimum absolute atomic E-state index is 0. The Morgan fingerprint density at radius 2 is 2.00 bits per heavy atom.